The summed E-state index contributed by atoms with van der Waals surface area (Å²) in [5.74, 6) is 0.0477. The summed E-state index contributed by atoms with van der Waals surface area (Å²) in [6.45, 7) is 6.18. The molecule has 0 radical (unpaired) electrons. The number of nitrogens with one attached hydrogen (secondary N) is 1. The van der Waals surface area contributed by atoms with Gasteiger partial charge in [0.1, 0.15) is 18.0 Å². The lowest BCUT2D eigenvalue weighted by Gasteiger charge is -2.40. The molecule has 0 bridgehead atoms. The molecule has 0 spiro atoms. The van der Waals surface area contributed by atoms with Crippen molar-refractivity contribution in [1.82, 2.24) is 10.2 Å². The van der Waals surface area contributed by atoms with Crippen LogP contribution in [0.3, 0.4) is 0 Å². The van der Waals surface area contributed by atoms with Gasteiger partial charge in [0, 0.05) is 38.6 Å². The number of aliphatic hydroxyl groups is 2. The van der Waals surface area contributed by atoms with Gasteiger partial charge < -0.3 is 29.9 Å². The summed E-state index contributed by atoms with van der Waals surface area (Å²) in [7, 11) is 0. The molecule has 3 atom stereocenters. The van der Waals surface area contributed by atoms with Crippen LogP contribution >= 0.6 is 22.6 Å². The van der Waals surface area contributed by atoms with E-state index in [-0.39, 0.29) is 37.5 Å². The predicted octanol–water partition coefficient (Wildman–Crippen LogP) is 1.87. The third-order valence-electron chi connectivity index (χ3n) is 5.11. The Labute approximate surface area is 203 Å². The molecule has 32 heavy (non-hydrogen) atoms. The SMILES string of the molecule is CC(=O)N(CCCOC(C)C)C1CC(C(=O)NCCO)=CC(Oc2ccccc2I)C1O. The van der Waals surface area contributed by atoms with Crippen LogP contribution in [0, 0.1) is 3.57 Å². The van der Waals surface area contributed by atoms with Crippen LogP contribution in [0.4, 0.5) is 0 Å². The molecule has 9 heteroatoms. The average molecular weight is 560 g/mol. The highest BCUT2D eigenvalue weighted by molar-refractivity contribution is 14.1. The number of carbonyl (C=O) groups excluding carboxylic acids is 2. The minimum Gasteiger partial charge on any atom is -0.482 e. The van der Waals surface area contributed by atoms with Crippen molar-refractivity contribution in [3.8, 4) is 5.75 Å². The van der Waals surface area contributed by atoms with Gasteiger partial charge in [0.25, 0.3) is 0 Å². The van der Waals surface area contributed by atoms with E-state index in [0.717, 1.165) is 3.57 Å². The van der Waals surface area contributed by atoms with Crippen LogP contribution < -0.4 is 10.1 Å². The number of hydrogen-bond acceptors (Lipinski definition) is 6. The van der Waals surface area contributed by atoms with Gasteiger partial charge in [0.05, 0.1) is 22.3 Å². The molecule has 0 aromatic heterocycles. The molecule has 8 nitrogen and oxygen atoms in total. The van der Waals surface area contributed by atoms with E-state index in [1.165, 1.54) is 6.92 Å². The molecule has 1 aromatic carbocycles. The largest absolute Gasteiger partial charge is 0.482 e. The number of ether oxygens (including phenoxy) is 2. The first-order valence-corrected chi connectivity index (χ1v) is 11.9. The first-order valence-electron chi connectivity index (χ1n) is 10.8. The predicted molar refractivity (Wildman–Crippen MR) is 129 cm³/mol. The fraction of sp³-hybridized carbons (Fsp3) is 0.565. The Morgan fingerprint density at radius 2 is 2.03 bits per heavy atom. The minimum atomic E-state index is -1.02. The highest BCUT2D eigenvalue weighted by Gasteiger charge is 2.39. The van der Waals surface area contributed by atoms with Gasteiger partial charge in [-0.3, -0.25) is 9.59 Å². The summed E-state index contributed by atoms with van der Waals surface area (Å²) in [5.41, 5.74) is 0.411. The third-order valence-corrected chi connectivity index (χ3v) is 6.00. The number of nitrogens with zero attached hydrogens (tertiary/aromatic N) is 1. The molecule has 0 aliphatic heterocycles. The molecule has 0 saturated heterocycles. The summed E-state index contributed by atoms with van der Waals surface area (Å²) in [4.78, 5) is 26.7. The van der Waals surface area contributed by atoms with E-state index >= 15 is 0 Å². The van der Waals surface area contributed by atoms with Gasteiger partial charge in [-0.25, -0.2) is 0 Å². The minimum absolute atomic E-state index is 0.0944. The van der Waals surface area contributed by atoms with E-state index in [4.69, 9.17) is 14.6 Å². The number of benzene rings is 1. The maximum Gasteiger partial charge on any atom is 0.247 e. The molecule has 3 N–H and O–H groups in total. The molecule has 0 fully saturated rings. The lowest BCUT2D eigenvalue weighted by atomic mass is 9.88. The normalized spacial score (nSPS) is 20.6. The van der Waals surface area contributed by atoms with Gasteiger partial charge in [-0.2, -0.15) is 0 Å². The number of hydrogen-bond donors (Lipinski definition) is 3. The maximum atomic E-state index is 12.6. The molecular formula is C23H33IN2O6. The first-order chi connectivity index (χ1) is 15.2. The Balaban J connectivity index is 2.26. The monoisotopic (exact) mass is 560 g/mol. The van der Waals surface area contributed by atoms with Gasteiger partial charge in [0.15, 0.2) is 0 Å². The van der Waals surface area contributed by atoms with E-state index in [2.05, 4.69) is 27.9 Å². The van der Waals surface area contributed by atoms with Gasteiger partial charge in [-0.05, 0) is 61.1 Å². The number of para-hydroxylation sites is 1. The molecular weight excluding hydrogens is 527 g/mol. The number of halogens is 1. The van der Waals surface area contributed by atoms with Crippen LogP contribution in [0.1, 0.15) is 33.6 Å². The van der Waals surface area contributed by atoms with Crippen molar-refractivity contribution in [2.24, 2.45) is 0 Å². The van der Waals surface area contributed by atoms with E-state index in [0.29, 0.717) is 30.9 Å². The van der Waals surface area contributed by atoms with Crippen molar-refractivity contribution < 1.29 is 29.3 Å². The summed E-state index contributed by atoms with van der Waals surface area (Å²) < 4.78 is 12.5. The molecule has 1 aliphatic rings. The Morgan fingerprint density at radius 3 is 2.66 bits per heavy atom. The van der Waals surface area contributed by atoms with E-state index < -0.39 is 18.2 Å². The van der Waals surface area contributed by atoms with Crippen LogP contribution in [0.5, 0.6) is 5.75 Å². The highest BCUT2D eigenvalue weighted by Crippen LogP contribution is 2.29. The van der Waals surface area contributed by atoms with Crippen molar-refractivity contribution >= 4 is 34.4 Å². The molecule has 1 aliphatic carbocycles. The number of carbonyl (C=O) groups is 2. The van der Waals surface area contributed by atoms with Gasteiger partial charge >= 0.3 is 0 Å². The standard InChI is InChI=1S/C23H33IN2O6/c1-15(2)31-12-6-10-26(16(3)28)19-13-17(23(30)25-9-11-27)14-21(22(19)29)32-20-8-5-4-7-18(20)24/h4-5,7-8,14-15,19,21-22,27,29H,6,9-13H2,1-3H3,(H,25,30). The van der Waals surface area contributed by atoms with Crippen LogP contribution in [0.25, 0.3) is 0 Å². The van der Waals surface area contributed by atoms with Gasteiger partial charge in [-0.15, -0.1) is 0 Å². The Bertz CT molecular complexity index is 800. The van der Waals surface area contributed by atoms with Crippen molar-refractivity contribution in [2.75, 3.05) is 26.3 Å². The summed E-state index contributed by atoms with van der Waals surface area (Å²) in [6, 6.07) is 6.77. The number of aliphatic hydroxyl groups excluding tert-OH is 2. The van der Waals surface area contributed by atoms with E-state index in [1.807, 2.05) is 32.0 Å². The second-order valence-corrected chi connectivity index (χ2v) is 9.09. The topological polar surface area (TPSA) is 108 Å². The molecule has 0 heterocycles. The average Bonchev–Trinajstić information content (AvgIpc) is 2.74. The second kappa shape index (κ2) is 13.1. The zero-order valence-corrected chi connectivity index (χ0v) is 20.9. The molecule has 178 valence electrons. The second-order valence-electron chi connectivity index (χ2n) is 7.93. The number of amides is 2. The first kappa shape index (κ1) is 26.6. The summed E-state index contributed by atoms with van der Waals surface area (Å²) in [5, 5.41) is 22.8. The summed E-state index contributed by atoms with van der Waals surface area (Å²) >= 11 is 2.14. The zero-order chi connectivity index (χ0) is 23.7. The molecule has 2 rings (SSSR count). The Kier molecular flexibility index (Phi) is 10.9. The van der Waals surface area contributed by atoms with Gasteiger partial charge in [-0.1, -0.05) is 12.1 Å². The van der Waals surface area contributed by atoms with Crippen molar-refractivity contribution in [2.45, 2.75) is 58.0 Å². The van der Waals surface area contributed by atoms with Crippen LogP contribution in [0.2, 0.25) is 0 Å². The fourth-order valence-corrected chi connectivity index (χ4v) is 4.09. The van der Waals surface area contributed by atoms with Crippen molar-refractivity contribution in [3.05, 3.63) is 39.5 Å². The van der Waals surface area contributed by atoms with Gasteiger partial charge in [0.2, 0.25) is 11.8 Å². The van der Waals surface area contributed by atoms with E-state index in [1.54, 1.807) is 17.0 Å². The summed E-state index contributed by atoms with van der Waals surface area (Å²) in [6.07, 6.45) is 0.672. The number of rotatable bonds is 11. The lowest BCUT2D eigenvalue weighted by Crippen LogP contribution is -2.55. The lowest BCUT2D eigenvalue weighted by molar-refractivity contribution is -0.136. The maximum absolute atomic E-state index is 12.6. The van der Waals surface area contributed by atoms with Crippen molar-refractivity contribution in [1.29, 1.82) is 0 Å². The van der Waals surface area contributed by atoms with Crippen LogP contribution in [-0.2, 0) is 14.3 Å². The highest BCUT2D eigenvalue weighted by atomic mass is 127. The molecule has 2 amide bonds. The molecule has 0 saturated carbocycles. The molecule has 3 unspecified atom stereocenters. The van der Waals surface area contributed by atoms with Crippen molar-refractivity contribution in [3.63, 3.8) is 0 Å². The van der Waals surface area contributed by atoms with Crippen LogP contribution in [0.15, 0.2) is 35.9 Å². The fourth-order valence-electron chi connectivity index (χ4n) is 3.58. The Morgan fingerprint density at radius 1 is 1.31 bits per heavy atom. The smallest absolute Gasteiger partial charge is 0.247 e. The molecule has 1 aromatic rings. The van der Waals surface area contributed by atoms with Crippen LogP contribution in [-0.4, -0.2) is 77.6 Å². The third kappa shape index (κ3) is 7.72. The Hall–Kier alpha value is -1.69. The quantitative estimate of drug-likeness (QED) is 0.282. The zero-order valence-electron chi connectivity index (χ0n) is 18.8. The van der Waals surface area contributed by atoms with E-state index in [9.17, 15) is 14.7 Å².